The van der Waals surface area contributed by atoms with Crippen LogP contribution in [0.4, 0.5) is 13.2 Å². The van der Waals surface area contributed by atoms with Crippen LogP contribution in [0, 0.1) is 0 Å². The lowest BCUT2D eigenvalue weighted by molar-refractivity contribution is -0.137. The topological polar surface area (TPSA) is 12.9 Å². The van der Waals surface area contributed by atoms with E-state index in [0.29, 0.717) is 15.8 Å². The van der Waals surface area contributed by atoms with Crippen LogP contribution < -0.4 is 0 Å². The lowest BCUT2D eigenvalue weighted by Gasteiger charge is -2.07. The van der Waals surface area contributed by atoms with Crippen molar-refractivity contribution in [3.8, 4) is 0 Å². The molecule has 100 valence electrons. The second kappa shape index (κ2) is 5.84. The Labute approximate surface area is 117 Å². The summed E-state index contributed by atoms with van der Waals surface area (Å²) in [5.41, 5.74) is 0.301. The van der Waals surface area contributed by atoms with Crippen molar-refractivity contribution in [2.24, 2.45) is 0 Å². The van der Waals surface area contributed by atoms with Crippen LogP contribution in [-0.2, 0) is 11.9 Å². The first-order chi connectivity index (χ1) is 8.95. The number of rotatable bonds is 3. The Bertz CT molecular complexity index is 555. The predicted molar refractivity (Wildman–Crippen MR) is 70.3 cm³/mol. The SMILES string of the molecule is FC(F)(F)c1ccnc(SCc2ccc(Cl)cc2)c1. The monoisotopic (exact) mass is 303 g/mol. The lowest BCUT2D eigenvalue weighted by Crippen LogP contribution is -2.05. The zero-order chi connectivity index (χ0) is 13.9. The first kappa shape index (κ1) is 14.2. The molecule has 0 spiro atoms. The number of hydrogen-bond donors (Lipinski definition) is 0. The minimum Gasteiger partial charge on any atom is -0.250 e. The van der Waals surface area contributed by atoms with E-state index in [-0.39, 0.29) is 0 Å². The Balaban J connectivity index is 2.05. The lowest BCUT2D eigenvalue weighted by atomic mass is 10.2. The zero-order valence-electron chi connectivity index (χ0n) is 9.62. The summed E-state index contributed by atoms with van der Waals surface area (Å²) in [5, 5.41) is 0.982. The number of aromatic nitrogens is 1. The van der Waals surface area contributed by atoms with Gasteiger partial charge in [-0.3, -0.25) is 0 Å². The molecular formula is C13H9ClF3NS. The van der Waals surface area contributed by atoms with Crippen molar-refractivity contribution in [2.75, 3.05) is 0 Å². The average Bonchev–Trinajstić information content (AvgIpc) is 2.37. The predicted octanol–water partition coefficient (Wildman–Crippen LogP) is 5.05. The van der Waals surface area contributed by atoms with Crippen LogP contribution in [0.1, 0.15) is 11.1 Å². The summed E-state index contributed by atoms with van der Waals surface area (Å²) >= 11 is 7.01. The fraction of sp³-hybridized carbons (Fsp3) is 0.154. The van der Waals surface area contributed by atoms with Gasteiger partial charge in [-0.15, -0.1) is 11.8 Å². The maximum atomic E-state index is 12.5. The van der Waals surface area contributed by atoms with Crippen LogP contribution in [0.15, 0.2) is 47.6 Å². The molecule has 1 heterocycles. The van der Waals surface area contributed by atoms with Crippen LogP contribution in [-0.4, -0.2) is 4.98 Å². The Kier molecular flexibility index (Phi) is 4.37. The zero-order valence-corrected chi connectivity index (χ0v) is 11.2. The van der Waals surface area contributed by atoms with E-state index in [1.165, 1.54) is 18.0 Å². The molecule has 0 N–H and O–H groups in total. The van der Waals surface area contributed by atoms with E-state index >= 15 is 0 Å². The van der Waals surface area contributed by atoms with Crippen molar-refractivity contribution in [3.63, 3.8) is 0 Å². The summed E-state index contributed by atoms with van der Waals surface area (Å²) in [7, 11) is 0. The second-order valence-electron chi connectivity index (χ2n) is 3.80. The Morgan fingerprint density at radius 3 is 2.42 bits per heavy atom. The quantitative estimate of drug-likeness (QED) is 0.736. The van der Waals surface area contributed by atoms with Gasteiger partial charge < -0.3 is 0 Å². The van der Waals surface area contributed by atoms with E-state index in [0.717, 1.165) is 17.7 Å². The van der Waals surface area contributed by atoms with Gasteiger partial charge in [0, 0.05) is 17.0 Å². The molecule has 0 saturated carbocycles. The highest BCUT2D eigenvalue weighted by atomic mass is 35.5. The normalized spacial score (nSPS) is 11.6. The van der Waals surface area contributed by atoms with Crippen LogP contribution in [0.25, 0.3) is 0 Å². The molecule has 0 aliphatic carbocycles. The number of alkyl halides is 3. The molecule has 1 aromatic heterocycles. The molecule has 0 unspecified atom stereocenters. The van der Waals surface area contributed by atoms with Gasteiger partial charge in [0.25, 0.3) is 0 Å². The van der Waals surface area contributed by atoms with Gasteiger partial charge >= 0.3 is 6.18 Å². The smallest absolute Gasteiger partial charge is 0.250 e. The summed E-state index contributed by atoms with van der Waals surface area (Å²) in [6.45, 7) is 0. The van der Waals surface area contributed by atoms with Gasteiger partial charge in [-0.05, 0) is 29.8 Å². The van der Waals surface area contributed by atoms with Gasteiger partial charge in [0.15, 0.2) is 0 Å². The minimum atomic E-state index is -4.33. The van der Waals surface area contributed by atoms with E-state index in [1.807, 2.05) is 12.1 Å². The fourth-order valence-electron chi connectivity index (χ4n) is 1.40. The minimum absolute atomic E-state index is 0.352. The summed E-state index contributed by atoms with van der Waals surface area (Å²) in [5.74, 6) is 0.547. The number of nitrogens with zero attached hydrogens (tertiary/aromatic N) is 1. The van der Waals surface area contributed by atoms with E-state index < -0.39 is 11.7 Å². The molecule has 0 fully saturated rings. The molecule has 2 rings (SSSR count). The Morgan fingerprint density at radius 2 is 1.79 bits per heavy atom. The van der Waals surface area contributed by atoms with Gasteiger partial charge in [-0.2, -0.15) is 13.2 Å². The largest absolute Gasteiger partial charge is 0.416 e. The summed E-state index contributed by atoms with van der Waals surface area (Å²) in [6.07, 6.45) is -3.16. The molecule has 0 bridgehead atoms. The van der Waals surface area contributed by atoms with Gasteiger partial charge in [0.2, 0.25) is 0 Å². The molecule has 0 atom stereocenters. The highest BCUT2D eigenvalue weighted by Gasteiger charge is 2.30. The third-order valence-electron chi connectivity index (χ3n) is 2.36. The molecule has 0 amide bonds. The van der Waals surface area contributed by atoms with Gasteiger partial charge in [-0.25, -0.2) is 4.98 Å². The van der Waals surface area contributed by atoms with Crippen molar-refractivity contribution in [1.29, 1.82) is 0 Å². The third-order valence-corrected chi connectivity index (χ3v) is 3.61. The van der Waals surface area contributed by atoms with Gasteiger partial charge in [-0.1, -0.05) is 23.7 Å². The number of benzene rings is 1. The molecular weight excluding hydrogens is 295 g/mol. The third kappa shape index (κ3) is 4.14. The number of hydrogen-bond acceptors (Lipinski definition) is 2. The van der Waals surface area contributed by atoms with E-state index in [4.69, 9.17) is 11.6 Å². The summed E-state index contributed by atoms with van der Waals surface area (Å²) in [4.78, 5) is 3.92. The molecule has 19 heavy (non-hydrogen) atoms. The average molecular weight is 304 g/mol. The van der Waals surface area contributed by atoms with E-state index in [2.05, 4.69) is 4.98 Å². The van der Waals surface area contributed by atoms with Crippen LogP contribution in [0.2, 0.25) is 5.02 Å². The number of pyridine rings is 1. The molecule has 0 aliphatic heterocycles. The number of thioether (sulfide) groups is 1. The van der Waals surface area contributed by atoms with Crippen molar-refractivity contribution < 1.29 is 13.2 Å². The second-order valence-corrected chi connectivity index (χ2v) is 5.23. The fourth-order valence-corrected chi connectivity index (χ4v) is 2.38. The number of halogens is 4. The van der Waals surface area contributed by atoms with Gasteiger partial charge in [0.05, 0.1) is 10.6 Å². The summed E-state index contributed by atoms with van der Waals surface area (Å²) in [6, 6.07) is 9.19. The summed E-state index contributed by atoms with van der Waals surface area (Å²) < 4.78 is 37.6. The molecule has 6 heteroatoms. The molecule has 2 aromatic rings. The molecule has 1 nitrogen and oxygen atoms in total. The van der Waals surface area contributed by atoms with Crippen LogP contribution >= 0.6 is 23.4 Å². The van der Waals surface area contributed by atoms with Crippen molar-refractivity contribution >= 4 is 23.4 Å². The maximum absolute atomic E-state index is 12.5. The molecule has 1 aromatic carbocycles. The van der Waals surface area contributed by atoms with Gasteiger partial charge in [0.1, 0.15) is 0 Å². The van der Waals surface area contributed by atoms with Crippen molar-refractivity contribution in [3.05, 3.63) is 58.7 Å². The highest BCUT2D eigenvalue weighted by Crippen LogP contribution is 2.31. The molecule has 0 saturated heterocycles. The van der Waals surface area contributed by atoms with E-state index in [1.54, 1.807) is 12.1 Å². The van der Waals surface area contributed by atoms with Crippen molar-refractivity contribution in [1.82, 2.24) is 4.98 Å². The first-order valence-corrected chi connectivity index (χ1v) is 6.72. The Morgan fingerprint density at radius 1 is 1.11 bits per heavy atom. The van der Waals surface area contributed by atoms with Crippen molar-refractivity contribution in [2.45, 2.75) is 17.0 Å². The maximum Gasteiger partial charge on any atom is 0.416 e. The molecule has 0 aliphatic rings. The van der Waals surface area contributed by atoms with E-state index in [9.17, 15) is 13.2 Å². The van der Waals surface area contributed by atoms with Crippen LogP contribution in [0.3, 0.4) is 0 Å². The first-order valence-electron chi connectivity index (χ1n) is 5.35. The van der Waals surface area contributed by atoms with Crippen LogP contribution in [0.5, 0.6) is 0 Å². The standard InChI is InChI=1S/C13H9ClF3NS/c14-11-3-1-9(2-4-11)8-19-12-7-10(5-6-18-12)13(15,16)17/h1-7H,8H2. The Hall–Kier alpha value is -1.20. The highest BCUT2D eigenvalue weighted by molar-refractivity contribution is 7.98. The molecule has 0 radical (unpaired) electrons.